The van der Waals surface area contributed by atoms with Crippen LogP contribution in [0.3, 0.4) is 0 Å². The number of amides is 1. The molecule has 0 saturated heterocycles. The lowest BCUT2D eigenvalue weighted by atomic mass is 10.1. The first-order chi connectivity index (χ1) is 9.35. The quantitative estimate of drug-likeness (QED) is 0.784. The largest absolute Gasteiger partial charge is 0.480 e. The summed E-state index contributed by atoms with van der Waals surface area (Å²) in [4.78, 5) is 33.9. The first kappa shape index (κ1) is 16.1. The number of carbonyl (C=O) groups excluding carboxylic acids is 2. The van der Waals surface area contributed by atoms with Crippen LogP contribution in [-0.4, -0.2) is 36.1 Å². The molecule has 0 bridgehead atoms. The predicted molar refractivity (Wildman–Crippen MR) is 69.6 cm³/mol. The van der Waals surface area contributed by atoms with Gasteiger partial charge in [-0.15, -0.1) is 0 Å². The minimum absolute atomic E-state index is 0.0579. The van der Waals surface area contributed by atoms with Gasteiger partial charge in [0.15, 0.2) is 0 Å². The van der Waals surface area contributed by atoms with Crippen molar-refractivity contribution in [3.63, 3.8) is 0 Å². The molecule has 20 heavy (non-hydrogen) atoms. The SMILES string of the molecule is COC(=O)C[C@H](NC(=O)c1ccc(F)cc1Br)C(=O)O. The lowest BCUT2D eigenvalue weighted by molar-refractivity contribution is -0.147. The fourth-order valence-electron chi connectivity index (χ4n) is 1.36. The van der Waals surface area contributed by atoms with Crippen molar-refractivity contribution in [2.75, 3.05) is 7.11 Å². The lowest BCUT2D eigenvalue weighted by Crippen LogP contribution is -2.42. The molecule has 1 amide bonds. The van der Waals surface area contributed by atoms with Crippen LogP contribution in [0.1, 0.15) is 16.8 Å². The molecule has 1 aromatic carbocycles. The minimum atomic E-state index is -1.42. The summed E-state index contributed by atoms with van der Waals surface area (Å²) >= 11 is 3.00. The van der Waals surface area contributed by atoms with Crippen LogP contribution in [0.4, 0.5) is 4.39 Å². The Labute approximate surface area is 122 Å². The summed E-state index contributed by atoms with van der Waals surface area (Å²) in [5.74, 6) is -3.43. The molecular formula is C12H11BrFNO5. The molecule has 8 heteroatoms. The Morgan fingerprint density at radius 3 is 2.60 bits per heavy atom. The normalized spacial score (nSPS) is 11.6. The van der Waals surface area contributed by atoms with Gasteiger partial charge in [-0.05, 0) is 34.1 Å². The summed E-state index contributed by atoms with van der Waals surface area (Å²) in [6, 6.07) is 1.92. The number of hydrogen-bond acceptors (Lipinski definition) is 4. The van der Waals surface area contributed by atoms with E-state index in [1.165, 1.54) is 6.07 Å². The van der Waals surface area contributed by atoms with Gasteiger partial charge in [-0.1, -0.05) is 0 Å². The first-order valence-electron chi connectivity index (χ1n) is 5.40. The Morgan fingerprint density at radius 1 is 1.45 bits per heavy atom. The van der Waals surface area contributed by atoms with Crippen LogP contribution in [-0.2, 0) is 14.3 Å². The van der Waals surface area contributed by atoms with E-state index in [1.54, 1.807) is 0 Å². The topological polar surface area (TPSA) is 92.7 Å². The van der Waals surface area contributed by atoms with E-state index in [2.05, 4.69) is 26.0 Å². The van der Waals surface area contributed by atoms with Crippen LogP contribution in [0.5, 0.6) is 0 Å². The molecule has 0 aliphatic heterocycles. The average molecular weight is 348 g/mol. The number of aliphatic carboxylic acids is 1. The summed E-state index contributed by atoms with van der Waals surface area (Å²) in [5.41, 5.74) is 0.0579. The van der Waals surface area contributed by atoms with Crippen molar-refractivity contribution in [2.24, 2.45) is 0 Å². The number of esters is 1. The van der Waals surface area contributed by atoms with E-state index in [-0.39, 0.29) is 10.0 Å². The predicted octanol–water partition coefficient (Wildman–Crippen LogP) is 1.33. The second-order valence-corrected chi connectivity index (χ2v) is 4.62. The Morgan fingerprint density at radius 2 is 2.10 bits per heavy atom. The third-order valence-electron chi connectivity index (χ3n) is 2.38. The van der Waals surface area contributed by atoms with Gasteiger partial charge in [0.25, 0.3) is 5.91 Å². The summed E-state index contributed by atoms with van der Waals surface area (Å²) in [7, 11) is 1.11. The molecule has 1 atom stereocenters. The van der Waals surface area contributed by atoms with Crippen LogP contribution >= 0.6 is 15.9 Å². The number of nitrogens with one attached hydrogen (secondary N) is 1. The smallest absolute Gasteiger partial charge is 0.326 e. The van der Waals surface area contributed by atoms with E-state index in [4.69, 9.17) is 5.11 Å². The summed E-state index contributed by atoms with van der Waals surface area (Å²) in [6.07, 6.45) is -0.504. The Kier molecular flexibility index (Phi) is 5.63. The summed E-state index contributed by atoms with van der Waals surface area (Å²) in [6.45, 7) is 0. The zero-order chi connectivity index (χ0) is 15.3. The molecule has 0 heterocycles. The van der Waals surface area contributed by atoms with Crippen LogP contribution in [0.15, 0.2) is 22.7 Å². The molecule has 6 nitrogen and oxygen atoms in total. The molecule has 0 aliphatic rings. The number of rotatable bonds is 5. The van der Waals surface area contributed by atoms with Crippen molar-refractivity contribution in [1.82, 2.24) is 5.32 Å². The number of methoxy groups -OCH3 is 1. The van der Waals surface area contributed by atoms with E-state index in [9.17, 15) is 18.8 Å². The molecule has 1 aromatic rings. The van der Waals surface area contributed by atoms with Crippen molar-refractivity contribution >= 4 is 33.8 Å². The van der Waals surface area contributed by atoms with Crippen molar-refractivity contribution in [3.05, 3.63) is 34.1 Å². The van der Waals surface area contributed by atoms with E-state index in [0.717, 1.165) is 19.2 Å². The third kappa shape index (κ3) is 4.30. The number of carboxylic acids is 1. The number of hydrogen-bond donors (Lipinski definition) is 2. The van der Waals surface area contributed by atoms with Gasteiger partial charge in [0.2, 0.25) is 0 Å². The second kappa shape index (κ2) is 6.99. The van der Waals surface area contributed by atoms with Gasteiger partial charge in [-0.3, -0.25) is 9.59 Å². The number of carboxylic acid groups (broad SMARTS) is 1. The monoisotopic (exact) mass is 347 g/mol. The molecule has 0 unspecified atom stereocenters. The van der Waals surface area contributed by atoms with Crippen LogP contribution < -0.4 is 5.32 Å². The molecule has 0 fully saturated rings. The highest BCUT2D eigenvalue weighted by molar-refractivity contribution is 9.10. The van der Waals surface area contributed by atoms with E-state index in [1.807, 2.05) is 0 Å². The third-order valence-corrected chi connectivity index (χ3v) is 3.03. The molecule has 0 saturated carbocycles. The van der Waals surface area contributed by atoms with E-state index in [0.29, 0.717) is 0 Å². The van der Waals surface area contributed by atoms with Crippen molar-refractivity contribution in [2.45, 2.75) is 12.5 Å². The highest BCUT2D eigenvalue weighted by Gasteiger charge is 2.25. The fraction of sp³-hybridized carbons (Fsp3) is 0.250. The average Bonchev–Trinajstić information content (AvgIpc) is 2.37. The Hall–Kier alpha value is -1.96. The molecule has 0 spiro atoms. The zero-order valence-corrected chi connectivity index (χ0v) is 11.9. The van der Waals surface area contributed by atoms with Crippen molar-refractivity contribution in [3.8, 4) is 0 Å². The van der Waals surface area contributed by atoms with Gasteiger partial charge < -0.3 is 15.2 Å². The van der Waals surface area contributed by atoms with Crippen LogP contribution in [0.2, 0.25) is 0 Å². The molecule has 0 radical (unpaired) electrons. The standard InChI is InChI=1S/C12H11BrFNO5/c1-20-10(16)5-9(12(18)19)15-11(17)7-3-2-6(14)4-8(7)13/h2-4,9H,5H2,1H3,(H,15,17)(H,18,19)/t9-/m0/s1. The lowest BCUT2D eigenvalue weighted by Gasteiger charge is -2.14. The maximum Gasteiger partial charge on any atom is 0.326 e. The summed E-state index contributed by atoms with van der Waals surface area (Å²) in [5, 5.41) is 11.1. The highest BCUT2D eigenvalue weighted by Crippen LogP contribution is 2.18. The van der Waals surface area contributed by atoms with E-state index >= 15 is 0 Å². The molecule has 2 N–H and O–H groups in total. The maximum absolute atomic E-state index is 12.9. The van der Waals surface area contributed by atoms with Gasteiger partial charge >= 0.3 is 11.9 Å². The Balaban J connectivity index is 2.85. The van der Waals surface area contributed by atoms with Gasteiger partial charge in [0.05, 0.1) is 19.1 Å². The molecule has 1 rings (SSSR count). The minimum Gasteiger partial charge on any atom is -0.480 e. The fourth-order valence-corrected chi connectivity index (χ4v) is 1.89. The molecular weight excluding hydrogens is 337 g/mol. The zero-order valence-electron chi connectivity index (χ0n) is 10.4. The molecule has 0 aromatic heterocycles. The van der Waals surface area contributed by atoms with E-state index < -0.39 is 36.1 Å². The number of halogens is 2. The highest BCUT2D eigenvalue weighted by atomic mass is 79.9. The van der Waals surface area contributed by atoms with Gasteiger partial charge in [0.1, 0.15) is 11.9 Å². The maximum atomic E-state index is 12.9. The number of benzene rings is 1. The van der Waals surface area contributed by atoms with Crippen molar-refractivity contribution in [1.29, 1.82) is 0 Å². The number of ether oxygens (including phenoxy) is 1. The summed E-state index contributed by atoms with van der Waals surface area (Å²) < 4.78 is 17.4. The molecule has 0 aliphatic carbocycles. The Bertz CT molecular complexity index is 549. The van der Waals surface area contributed by atoms with Gasteiger partial charge in [-0.25, -0.2) is 9.18 Å². The molecule has 108 valence electrons. The first-order valence-corrected chi connectivity index (χ1v) is 6.20. The van der Waals surface area contributed by atoms with Crippen molar-refractivity contribution < 1.29 is 28.6 Å². The van der Waals surface area contributed by atoms with Crippen LogP contribution in [0.25, 0.3) is 0 Å². The van der Waals surface area contributed by atoms with Gasteiger partial charge in [-0.2, -0.15) is 0 Å². The van der Waals surface area contributed by atoms with Gasteiger partial charge in [0, 0.05) is 4.47 Å². The second-order valence-electron chi connectivity index (χ2n) is 3.77. The number of carbonyl (C=O) groups is 3. The van der Waals surface area contributed by atoms with Crippen LogP contribution in [0, 0.1) is 5.82 Å².